The molecule has 0 atom stereocenters. The lowest BCUT2D eigenvalue weighted by Gasteiger charge is -2.08. The zero-order chi connectivity index (χ0) is 20.9. The normalized spacial score (nSPS) is 10.7. The molecule has 0 bridgehead atoms. The fourth-order valence-electron chi connectivity index (χ4n) is 3.07. The number of carbonyl (C=O) groups is 1. The topological polar surface area (TPSA) is 47.6 Å². The Kier molecular flexibility index (Phi) is 6.21. The average molecular weight is 438 g/mol. The van der Waals surface area contributed by atoms with Crippen LogP contribution < -0.4 is 14.8 Å². The third-order valence-corrected chi connectivity index (χ3v) is 6.31. The molecule has 152 valence electrons. The summed E-state index contributed by atoms with van der Waals surface area (Å²) in [5, 5.41) is 4.20. The van der Waals surface area contributed by atoms with E-state index in [1.54, 1.807) is 7.11 Å². The van der Waals surface area contributed by atoms with Crippen molar-refractivity contribution in [3.05, 3.63) is 88.3 Å². The highest BCUT2D eigenvalue weighted by Crippen LogP contribution is 2.37. The van der Waals surface area contributed by atoms with Gasteiger partial charge in [-0.25, -0.2) is 0 Å². The first-order valence-electron chi connectivity index (χ1n) is 9.48. The summed E-state index contributed by atoms with van der Waals surface area (Å²) < 4.78 is 11.9. The van der Waals surface area contributed by atoms with E-state index in [2.05, 4.69) is 17.4 Å². The molecular formula is C24H20ClNO3S. The van der Waals surface area contributed by atoms with E-state index in [0.717, 1.165) is 28.0 Å². The van der Waals surface area contributed by atoms with Crippen molar-refractivity contribution in [2.75, 3.05) is 19.0 Å². The first-order valence-corrected chi connectivity index (χ1v) is 10.7. The molecule has 3 aromatic carbocycles. The second kappa shape index (κ2) is 9.20. The maximum atomic E-state index is 12.7. The molecule has 0 radical (unpaired) electrons. The SMILES string of the molecule is COc1ccc2c(Cl)c(C(=O)Nc3ccc(OCCc4ccccc4)cc3)sc2c1. The van der Waals surface area contributed by atoms with E-state index >= 15 is 0 Å². The van der Waals surface area contributed by atoms with Crippen molar-refractivity contribution in [3.8, 4) is 11.5 Å². The number of hydrogen-bond donors (Lipinski definition) is 1. The molecule has 0 unspecified atom stereocenters. The van der Waals surface area contributed by atoms with E-state index < -0.39 is 0 Å². The van der Waals surface area contributed by atoms with Crippen LogP contribution in [0.3, 0.4) is 0 Å². The molecule has 0 aliphatic heterocycles. The lowest BCUT2D eigenvalue weighted by molar-refractivity contribution is 0.103. The van der Waals surface area contributed by atoms with Gasteiger partial charge in [0, 0.05) is 22.2 Å². The molecule has 0 saturated carbocycles. The van der Waals surface area contributed by atoms with Crippen LogP contribution in [0.2, 0.25) is 5.02 Å². The highest BCUT2D eigenvalue weighted by Gasteiger charge is 2.17. The summed E-state index contributed by atoms with van der Waals surface area (Å²) in [6.45, 7) is 0.594. The summed E-state index contributed by atoms with van der Waals surface area (Å²) in [5.41, 5.74) is 1.92. The molecule has 0 spiro atoms. The van der Waals surface area contributed by atoms with Crippen molar-refractivity contribution in [1.82, 2.24) is 0 Å². The number of fused-ring (bicyclic) bond motifs is 1. The highest BCUT2D eigenvalue weighted by atomic mass is 35.5. The predicted molar refractivity (Wildman–Crippen MR) is 123 cm³/mol. The summed E-state index contributed by atoms with van der Waals surface area (Å²) in [5.74, 6) is 1.25. The van der Waals surface area contributed by atoms with E-state index in [9.17, 15) is 4.79 Å². The molecule has 1 aromatic heterocycles. The standard InChI is InChI=1S/C24H20ClNO3S/c1-28-19-11-12-20-21(15-19)30-23(22(20)25)24(27)26-17-7-9-18(10-8-17)29-14-13-16-5-3-2-4-6-16/h2-12,15H,13-14H2,1H3,(H,26,27). The van der Waals surface area contributed by atoms with Gasteiger partial charge in [-0.15, -0.1) is 11.3 Å². The first kappa shape index (κ1) is 20.3. The Bertz CT molecular complexity index is 1160. The molecule has 0 aliphatic carbocycles. The molecule has 0 fully saturated rings. The quantitative estimate of drug-likeness (QED) is 0.362. The Balaban J connectivity index is 1.39. The van der Waals surface area contributed by atoms with Gasteiger partial charge >= 0.3 is 0 Å². The van der Waals surface area contributed by atoms with E-state index in [4.69, 9.17) is 21.1 Å². The summed E-state index contributed by atoms with van der Waals surface area (Å²) in [6.07, 6.45) is 0.842. The van der Waals surface area contributed by atoms with Crippen molar-refractivity contribution >= 4 is 44.6 Å². The summed E-state index contributed by atoms with van der Waals surface area (Å²) >= 11 is 7.78. The lowest BCUT2D eigenvalue weighted by Crippen LogP contribution is -2.10. The van der Waals surface area contributed by atoms with Crippen LogP contribution in [0.15, 0.2) is 72.8 Å². The van der Waals surface area contributed by atoms with Crippen molar-refractivity contribution in [2.24, 2.45) is 0 Å². The van der Waals surface area contributed by atoms with Gasteiger partial charge in [0.05, 0.1) is 18.7 Å². The minimum Gasteiger partial charge on any atom is -0.497 e. The van der Waals surface area contributed by atoms with Crippen LogP contribution >= 0.6 is 22.9 Å². The second-order valence-corrected chi connectivity index (χ2v) is 8.10. The minimum atomic E-state index is -0.238. The smallest absolute Gasteiger partial charge is 0.267 e. The van der Waals surface area contributed by atoms with Crippen molar-refractivity contribution in [1.29, 1.82) is 0 Å². The van der Waals surface area contributed by atoms with Crippen molar-refractivity contribution in [3.63, 3.8) is 0 Å². The molecule has 1 heterocycles. The molecule has 4 nitrogen and oxygen atoms in total. The number of carbonyl (C=O) groups excluding carboxylic acids is 1. The van der Waals surface area contributed by atoms with Crippen LogP contribution in [0.5, 0.6) is 11.5 Å². The number of halogens is 1. The number of benzene rings is 3. The Morgan fingerprint density at radius 3 is 2.47 bits per heavy atom. The molecule has 0 saturated heterocycles. The maximum Gasteiger partial charge on any atom is 0.267 e. The molecule has 6 heteroatoms. The molecule has 4 aromatic rings. The number of nitrogens with one attached hydrogen (secondary N) is 1. The van der Waals surface area contributed by atoms with Gasteiger partial charge < -0.3 is 14.8 Å². The molecular weight excluding hydrogens is 418 g/mol. The second-order valence-electron chi connectivity index (χ2n) is 6.67. The highest BCUT2D eigenvalue weighted by molar-refractivity contribution is 7.21. The Labute approximate surface area is 184 Å². The van der Waals surface area contributed by atoms with Gasteiger partial charge in [-0.1, -0.05) is 41.9 Å². The van der Waals surface area contributed by atoms with Crippen LogP contribution in [0.1, 0.15) is 15.2 Å². The van der Waals surface area contributed by atoms with Gasteiger partial charge in [0.2, 0.25) is 0 Å². The fraction of sp³-hybridized carbons (Fsp3) is 0.125. The molecule has 4 rings (SSSR count). The minimum absolute atomic E-state index is 0.238. The Morgan fingerprint density at radius 2 is 1.73 bits per heavy atom. The van der Waals surface area contributed by atoms with E-state index in [1.807, 2.05) is 60.7 Å². The first-order chi connectivity index (χ1) is 14.6. The van der Waals surface area contributed by atoms with Gasteiger partial charge in [-0.3, -0.25) is 4.79 Å². The summed E-state index contributed by atoms with van der Waals surface area (Å²) in [4.78, 5) is 13.2. The average Bonchev–Trinajstić information content (AvgIpc) is 3.11. The van der Waals surface area contributed by atoms with Gasteiger partial charge in [0.25, 0.3) is 5.91 Å². The van der Waals surface area contributed by atoms with Gasteiger partial charge in [0.15, 0.2) is 0 Å². The van der Waals surface area contributed by atoms with Crippen molar-refractivity contribution < 1.29 is 14.3 Å². The molecule has 1 N–H and O–H groups in total. The van der Waals surface area contributed by atoms with Gasteiger partial charge in [0.1, 0.15) is 16.4 Å². The van der Waals surface area contributed by atoms with E-state index in [-0.39, 0.29) is 5.91 Å². The van der Waals surface area contributed by atoms with Crippen LogP contribution in [0.25, 0.3) is 10.1 Å². The molecule has 30 heavy (non-hydrogen) atoms. The Morgan fingerprint density at radius 1 is 1.00 bits per heavy atom. The zero-order valence-electron chi connectivity index (χ0n) is 16.4. The van der Waals surface area contributed by atoms with Gasteiger partial charge in [-0.2, -0.15) is 0 Å². The summed E-state index contributed by atoms with van der Waals surface area (Å²) in [7, 11) is 1.61. The maximum absolute atomic E-state index is 12.7. The molecule has 0 aliphatic rings. The number of anilines is 1. The van der Waals surface area contributed by atoms with Gasteiger partial charge in [-0.05, 0) is 48.0 Å². The lowest BCUT2D eigenvalue weighted by atomic mass is 10.2. The van der Waals surface area contributed by atoms with E-state index in [1.165, 1.54) is 16.9 Å². The van der Waals surface area contributed by atoms with Crippen LogP contribution in [-0.4, -0.2) is 19.6 Å². The fourth-order valence-corrected chi connectivity index (χ4v) is 4.51. The zero-order valence-corrected chi connectivity index (χ0v) is 17.9. The van der Waals surface area contributed by atoms with Crippen LogP contribution in [0.4, 0.5) is 5.69 Å². The number of hydrogen-bond acceptors (Lipinski definition) is 4. The summed E-state index contributed by atoms with van der Waals surface area (Å²) in [6, 6.07) is 23.1. The third kappa shape index (κ3) is 4.58. The molecule has 1 amide bonds. The van der Waals surface area contributed by atoms with E-state index in [0.29, 0.717) is 22.2 Å². The van der Waals surface area contributed by atoms with Crippen LogP contribution in [-0.2, 0) is 6.42 Å². The predicted octanol–water partition coefficient (Wildman–Crippen LogP) is 6.44. The number of rotatable bonds is 7. The van der Waals surface area contributed by atoms with Crippen molar-refractivity contribution in [2.45, 2.75) is 6.42 Å². The number of methoxy groups -OCH3 is 1. The van der Waals surface area contributed by atoms with Crippen LogP contribution in [0, 0.1) is 0 Å². The largest absolute Gasteiger partial charge is 0.497 e. The monoisotopic (exact) mass is 437 g/mol. The number of ether oxygens (including phenoxy) is 2. The number of thiophene rings is 1. The third-order valence-electron chi connectivity index (χ3n) is 4.66. The number of amides is 1. The Hall–Kier alpha value is -3.02.